The Kier molecular flexibility index (Phi) is 7.30. The van der Waals surface area contributed by atoms with E-state index < -0.39 is 12.6 Å². The van der Waals surface area contributed by atoms with Gasteiger partial charge in [-0.3, -0.25) is 14.4 Å². The van der Waals surface area contributed by atoms with Gasteiger partial charge in [-0.2, -0.15) is 0 Å². The van der Waals surface area contributed by atoms with Crippen molar-refractivity contribution in [2.75, 3.05) is 19.0 Å². The first-order chi connectivity index (χ1) is 13.7. The molecule has 0 saturated heterocycles. The zero-order chi connectivity index (χ0) is 21.6. The molecule has 0 aliphatic carbocycles. The minimum Gasteiger partial charge on any atom is -0.469 e. The maximum absolute atomic E-state index is 12.5. The van der Waals surface area contributed by atoms with Gasteiger partial charge >= 0.3 is 11.9 Å². The molecule has 0 bridgehead atoms. The van der Waals surface area contributed by atoms with Gasteiger partial charge in [0.1, 0.15) is 0 Å². The molecule has 8 heteroatoms. The topological polar surface area (TPSA) is 104 Å². The van der Waals surface area contributed by atoms with Crippen LogP contribution >= 0.6 is 0 Å². The maximum Gasteiger partial charge on any atom is 0.338 e. The molecular formula is C21H24N2O6. The third-order valence-corrected chi connectivity index (χ3v) is 4.39. The number of hydrogen-bond acceptors (Lipinski definition) is 6. The standard InChI is InChI=1S/C21H24N2O6/c1-13-10-18(14(2)23(13)9-8-20(26)28-4)19(25)12-29-21(27)16-6-5-7-17(11-16)22-15(3)24/h5-7,10-11H,8-9,12H2,1-4H3,(H,22,24). The molecular weight excluding hydrogens is 376 g/mol. The van der Waals surface area contributed by atoms with Gasteiger partial charge in [-0.15, -0.1) is 0 Å². The Morgan fingerprint density at radius 3 is 2.48 bits per heavy atom. The molecule has 2 rings (SSSR count). The smallest absolute Gasteiger partial charge is 0.338 e. The van der Waals surface area contributed by atoms with Crippen LogP contribution in [0.5, 0.6) is 0 Å². The Morgan fingerprint density at radius 2 is 1.83 bits per heavy atom. The average molecular weight is 400 g/mol. The normalized spacial score (nSPS) is 10.3. The van der Waals surface area contributed by atoms with Gasteiger partial charge in [-0.05, 0) is 38.1 Å². The number of hydrogen-bond donors (Lipinski definition) is 1. The predicted molar refractivity (Wildman–Crippen MR) is 106 cm³/mol. The number of nitrogens with one attached hydrogen (secondary N) is 1. The van der Waals surface area contributed by atoms with E-state index in [2.05, 4.69) is 10.1 Å². The summed E-state index contributed by atoms with van der Waals surface area (Å²) in [6, 6.07) is 7.98. The quantitative estimate of drug-likeness (QED) is 0.540. The third-order valence-electron chi connectivity index (χ3n) is 4.39. The zero-order valence-corrected chi connectivity index (χ0v) is 16.9. The summed E-state index contributed by atoms with van der Waals surface area (Å²) < 4.78 is 11.6. The van der Waals surface area contributed by atoms with Gasteiger partial charge in [0.05, 0.1) is 19.1 Å². The summed E-state index contributed by atoms with van der Waals surface area (Å²) in [6.45, 7) is 4.96. The first-order valence-electron chi connectivity index (χ1n) is 9.04. The number of carbonyl (C=O) groups is 4. The Morgan fingerprint density at radius 1 is 1.10 bits per heavy atom. The molecule has 1 aromatic heterocycles. The second kappa shape index (κ2) is 9.68. The number of nitrogens with zero attached hydrogens (tertiary/aromatic N) is 1. The molecule has 29 heavy (non-hydrogen) atoms. The first-order valence-corrected chi connectivity index (χ1v) is 9.04. The fraction of sp³-hybridized carbons (Fsp3) is 0.333. The maximum atomic E-state index is 12.5. The number of aryl methyl sites for hydroxylation is 1. The van der Waals surface area contributed by atoms with E-state index in [0.717, 1.165) is 5.69 Å². The van der Waals surface area contributed by atoms with Gasteiger partial charge < -0.3 is 19.4 Å². The number of ether oxygens (including phenoxy) is 2. The van der Waals surface area contributed by atoms with Gasteiger partial charge in [0.25, 0.3) is 0 Å². The molecule has 1 heterocycles. The lowest BCUT2D eigenvalue weighted by molar-refractivity contribution is -0.140. The molecule has 1 aromatic carbocycles. The number of amides is 1. The van der Waals surface area contributed by atoms with E-state index in [0.29, 0.717) is 23.5 Å². The molecule has 8 nitrogen and oxygen atoms in total. The van der Waals surface area contributed by atoms with Crippen LogP contribution in [0, 0.1) is 13.8 Å². The summed E-state index contributed by atoms with van der Waals surface area (Å²) in [5.74, 6) is -1.59. The van der Waals surface area contributed by atoms with E-state index in [1.807, 2.05) is 11.5 Å². The zero-order valence-electron chi connectivity index (χ0n) is 16.9. The fourth-order valence-corrected chi connectivity index (χ4v) is 2.95. The number of rotatable bonds is 8. The van der Waals surface area contributed by atoms with Crippen molar-refractivity contribution in [3.8, 4) is 0 Å². The molecule has 0 unspecified atom stereocenters. The summed E-state index contributed by atoms with van der Waals surface area (Å²) in [5, 5.41) is 2.58. The first kappa shape index (κ1) is 21.9. The van der Waals surface area contributed by atoms with Crippen molar-refractivity contribution in [3.05, 3.63) is 52.8 Å². The van der Waals surface area contributed by atoms with Crippen LogP contribution in [0.4, 0.5) is 5.69 Å². The van der Waals surface area contributed by atoms with Crippen LogP contribution < -0.4 is 5.32 Å². The number of carbonyl (C=O) groups excluding carboxylic acids is 4. The highest BCUT2D eigenvalue weighted by atomic mass is 16.5. The summed E-state index contributed by atoms with van der Waals surface area (Å²) in [7, 11) is 1.33. The second-order valence-electron chi connectivity index (χ2n) is 6.52. The molecule has 154 valence electrons. The van der Waals surface area contributed by atoms with Crippen molar-refractivity contribution in [1.29, 1.82) is 0 Å². The fourth-order valence-electron chi connectivity index (χ4n) is 2.95. The van der Waals surface area contributed by atoms with E-state index in [9.17, 15) is 19.2 Å². The SMILES string of the molecule is COC(=O)CCn1c(C)cc(C(=O)COC(=O)c2cccc(NC(C)=O)c2)c1C. The van der Waals surface area contributed by atoms with E-state index >= 15 is 0 Å². The minimum absolute atomic E-state index is 0.195. The van der Waals surface area contributed by atoms with Crippen LogP contribution in [-0.4, -0.2) is 41.9 Å². The van der Waals surface area contributed by atoms with E-state index in [1.165, 1.54) is 26.2 Å². The van der Waals surface area contributed by atoms with Gasteiger partial charge in [0.15, 0.2) is 6.61 Å². The summed E-state index contributed by atoms with van der Waals surface area (Å²) in [6.07, 6.45) is 0.195. The van der Waals surface area contributed by atoms with Crippen LogP contribution in [0.15, 0.2) is 30.3 Å². The van der Waals surface area contributed by atoms with Crippen LogP contribution in [0.25, 0.3) is 0 Å². The van der Waals surface area contributed by atoms with Crippen molar-refractivity contribution in [3.63, 3.8) is 0 Å². The highest BCUT2D eigenvalue weighted by molar-refractivity contribution is 6.00. The molecule has 0 radical (unpaired) electrons. The van der Waals surface area contributed by atoms with E-state index in [1.54, 1.807) is 25.1 Å². The number of anilines is 1. The molecule has 0 atom stereocenters. The van der Waals surface area contributed by atoms with Crippen molar-refractivity contribution in [2.24, 2.45) is 0 Å². The minimum atomic E-state index is -0.662. The van der Waals surface area contributed by atoms with Gasteiger partial charge in [-0.1, -0.05) is 6.07 Å². The van der Waals surface area contributed by atoms with Crippen LogP contribution in [0.1, 0.15) is 45.4 Å². The summed E-state index contributed by atoms with van der Waals surface area (Å²) in [5.41, 5.74) is 2.65. The molecule has 2 aromatic rings. The molecule has 1 N–H and O–H groups in total. The molecule has 0 spiro atoms. The Labute approximate surface area is 168 Å². The number of esters is 2. The molecule has 0 fully saturated rings. The third kappa shape index (κ3) is 5.78. The Hall–Kier alpha value is -3.42. The lowest BCUT2D eigenvalue weighted by Gasteiger charge is -2.09. The van der Waals surface area contributed by atoms with Crippen LogP contribution in [0.3, 0.4) is 0 Å². The molecule has 1 amide bonds. The van der Waals surface area contributed by atoms with Crippen molar-refractivity contribution in [2.45, 2.75) is 33.7 Å². The Bertz CT molecular complexity index is 945. The highest BCUT2D eigenvalue weighted by Crippen LogP contribution is 2.17. The van der Waals surface area contributed by atoms with Crippen molar-refractivity contribution in [1.82, 2.24) is 4.57 Å². The molecule has 0 aliphatic rings. The predicted octanol–water partition coefficient (Wildman–Crippen LogP) is 2.67. The lowest BCUT2D eigenvalue weighted by atomic mass is 10.1. The number of aromatic nitrogens is 1. The second-order valence-corrected chi connectivity index (χ2v) is 6.52. The monoisotopic (exact) mass is 400 g/mol. The van der Waals surface area contributed by atoms with Gasteiger partial charge in [-0.25, -0.2) is 4.79 Å². The highest BCUT2D eigenvalue weighted by Gasteiger charge is 2.18. The van der Waals surface area contributed by atoms with E-state index in [4.69, 9.17) is 4.74 Å². The number of benzene rings is 1. The molecule has 0 saturated carbocycles. The lowest BCUT2D eigenvalue weighted by Crippen LogP contribution is -2.16. The number of methoxy groups -OCH3 is 1. The van der Waals surface area contributed by atoms with E-state index in [-0.39, 0.29) is 29.6 Å². The average Bonchev–Trinajstić information content (AvgIpc) is 2.97. The number of Topliss-reactive ketones (excluding diaryl/α,β-unsaturated/α-hetero) is 1. The van der Waals surface area contributed by atoms with Gasteiger partial charge in [0.2, 0.25) is 11.7 Å². The summed E-state index contributed by atoms with van der Waals surface area (Å²) >= 11 is 0. The number of ketones is 1. The largest absolute Gasteiger partial charge is 0.469 e. The van der Waals surface area contributed by atoms with Crippen molar-refractivity contribution < 1.29 is 28.7 Å². The van der Waals surface area contributed by atoms with Gasteiger partial charge in [0, 0.05) is 36.1 Å². The van der Waals surface area contributed by atoms with Crippen molar-refractivity contribution >= 4 is 29.3 Å². The Balaban J connectivity index is 2.03. The summed E-state index contributed by atoms with van der Waals surface area (Å²) in [4.78, 5) is 47.3. The van der Waals surface area contributed by atoms with Crippen LogP contribution in [0.2, 0.25) is 0 Å². The van der Waals surface area contributed by atoms with Crippen LogP contribution in [-0.2, 0) is 25.6 Å². The molecule has 0 aliphatic heterocycles.